The van der Waals surface area contributed by atoms with Crippen LogP contribution in [-0.2, 0) is 4.74 Å². The molecule has 2 rings (SSSR count). The zero-order chi connectivity index (χ0) is 14.7. The molecule has 1 aliphatic heterocycles. The van der Waals surface area contributed by atoms with E-state index in [0.717, 1.165) is 0 Å². The Morgan fingerprint density at radius 3 is 2.80 bits per heavy atom. The number of hydrogen-bond acceptors (Lipinski definition) is 5. The SMILES string of the molecule is COC(=O)NC1CCN(C(=O)c2ccc(N)cc2N)C1. The maximum atomic E-state index is 12.3. The van der Waals surface area contributed by atoms with Crippen LogP contribution in [0.4, 0.5) is 16.2 Å². The van der Waals surface area contributed by atoms with Gasteiger partial charge in [0, 0.05) is 24.5 Å². The number of nitrogen functional groups attached to an aromatic ring is 2. The number of nitrogens with two attached hydrogens (primary N) is 2. The summed E-state index contributed by atoms with van der Waals surface area (Å²) in [7, 11) is 1.31. The summed E-state index contributed by atoms with van der Waals surface area (Å²) in [6.45, 7) is 1.01. The molecule has 7 heteroatoms. The number of methoxy groups -OCH3 is 1. The van der Waals surface area contributed by atoms with Crippen molar-refractivity contribution in [3.8, 4) is 0 Å². The number of alkyl carbamates (subject to hydrolysis) is 1. The number of nitrogens with one attached hydrogen (secondary N) is 1. The molecule has 0 spiro atoms. The molecule has 0 radical (unpaired) electrons. The Labute approximate surface area is 116 Å². The summed E-state index contributed by atoms with van der Waals surface area (Å²) in [5.41, 5.74) is 12.7. The first-order valence-corrected chi connectivity index (χ1v) is 6.30. The predicted octanol–water partition coefficient (Wildman–Crippen LogP) is 0.422. The number of rotatable bonds is 2. The maximum Gasteiger partial charge on any atom is 0.407 e. The molecule has 1 fully saturated rings. The van der Waals surface area contributed by atoms with Gasteiger partial charge in [0.25, 0.3) is 5.91 Å². The molecule has 20 heavy (non-hydrogen) atoms. The predicted molar refractivity (Wildman–Crippen MR) is 75.1 cm³/mol. The smallest absolute Gasteiger partial charge is 0.407 e. The third kappa shape index (κ3) is 2.93. The molecule has 1 saturated heterocycles. The van der Waals surface area contributed by atoms with Gasteiger partial charge in [-0.2, -0.15) is 0 Å². The summed E-state index contributed by atoms with van der Waals surface area (Å²) in [6.07, 6.45) is 0.201. The Bertz CT molecular complexity index is 532. The number of likely N-dealkylation sites (tertiary alicyclic amines) is 1. The summed E-state index contributed by atoms with van der Waals surface area (Å²) in [4.78, 5) is 25.1. The fourth-order valence-corrected chi connectivity index (χ4v) is 2.23. The van der Waals surface area contributed by atoms with Crippen LogP contribution in [0.1, 0.15) is 16.8 Å². The Hall–Kier alpha value is -2.44. The van der Waals surface area contributed by atoms with Crippen LogP contribution in [0.2, 0.25) is 0 Å². The minimum absolute atomic E-state index is 0.0959. The fourth-order valence-electron chi connectivity index (χ4n) is 2.23. The fraction of sp³-hybridized carbons (Fsp3) is 0.385. The molecule has 0 saturated carbocycles. The third-order valence-corrected chi connectivity index (χ3v) is 3.29. The average molecular weight is 278 g/mol. The lowest BCUT2D eigenvalue weighted by Crippen LogP contribution is -2.38. The molecule has 5 N–H and O–H groups in total. The van der Waals surface area contributed by atoms with Gasteiger partial charge < -0.3 is 26.4 Å². The monoisotopic (exact) mass is 278 g/mol. The van der Waals surface area contributed by atoms with Crippen molar-refractivity contribution >= 4 is 23.4 Å². The van der Waals surface area contributed by atoms with Gasteiger partial charge in [0.15, 0.2) is 0 Å². The van der Waals surface area contributed by atoms with Gasteiger partial charge in [-0.3, -0.25) is 4.79 Å². The molecule has 2 amide bonds. The van der Waals surface area contributed by atoms with Crippen LogP contribution in [-0.4, -0.2) is 43.1 Å². The van der Waals surface area contributed by atoms with Crippen molar-refractivity contribution in [1.29, 1.82) is 0 Å². The molecule has 1 unspecified atom stereocenters. The highest BCUT2D eigenvalue weighted by Gasteiger charge is 2.28. The standard InChI is InChI=1S/C13H18N4O3/c1-20-13(19)16-9-4-5-17(7-9)12(18)10-3-2-8(14)6-11(10)15/h2-3,6,9H,4-5,7,14-15H2,1H3,(H,16,19). The van der Waals surface area contributed by atoms with E-state index in [0.29, 0.717) is 36.4 Å². The molecular formula is C13H18N4O3. The number of anilines is 2. The molecule has 0 aromatic heterocycles. The van der Waals surface area contributed by atoms with Crippen LogP contribution in [0, 0.1) is 0 Å². The first-order valence-electron chi connectivity index (χ1n) is 6.30. The average Bonchev–Trinajstić information content (AvgIpc) is 2.86. The van der Waals surface area contributed by atoms with Gasteiger partial charge in [-0.15, -0.1) is 0 Å². The van der Waals surface area contributed by atoms with E-state index in [2.05, 4.69) is 10.1 Å². The summed E-state index contributed by atoms with van der Waals surface area (Å²) in [5.74, 6) is -0.156. The lowest BCUT2D eigenvalue weighted by Gasteiger charge is -2.18. The second kappa shape index (κ2) is 5.68. The zero-order valence-electron chi connectivity index (χ0n) is 11.3. The summed E-state index contributed by atoms with van der Waals surface area (Å²) in [6, 6.07) is 4.73. The number of benzene rings is 1. The molecule has 1 aliphatic rings. The van der Waals surface area contributed by atoms with Crippen molar-refractivity contribution in [3.05, 3.63) is 23.8 Å². The molecule has 1 heterocycles. The minimum atomic E-state index is -0.490. The van der Waals surface area contributed by atoms with Gasteiger partial charge in [0.05, 0.1) is 18.7 Å². The van der Waals surface area contributed by atoms with E-state index in [1.54, 1.807) is 23.1 Å². The van der Waals surface area contributed by atoms with Crippen molar-refractivity contribution in [2.75, 3.05) is 31.7 Å². The zero-order valence-corrected chi connectivity index (χ0v) is 11.3. The number of hydrogen-bond donors (Lipinski definition) is 3. The topological polar surface area (TPSA) is 111 Å². The number of amides is 2. The third-order valence-electron chi connectivity index (χ3n) is 3.29. The second-order valence-corrected chi connectivity index (χ2v) is 4.72. The van der Waals surface area contributed by atoms with Crippen LogP contribution in [0.5, 0.6) is 0 Å². The largest absolute Gasteiger partial charge is 0.453 e. The Morgan fingerprint density at radius 1 is 1.40 bits per heavy atom. The minimum Gasteiger partial charge on any atom is -0.453 e. The highest BCUT2D eigenvalue weighted by Crippen LogP contribution is 2.20. The first-order chi connectivity index (χ1) is 9.51. The summed E-state index contributed by atoms with van der Waals surface area (Å²) >= 11 is 0. The van der Waals surface area contributed by atoms with Crippen LogP contribution in [0.15, 0.2) is 18.2 Å². The van der Waals surface area contributed by atoms with Crippen LogP contribution in [0.3, 0.4) is 0 Å². The lowest BCUT2D eigenvalue weighted by molar-refractivity contribution is 0.0789. The molecule has 1 atom stereocenters. The number of nitrogens with zero attached hydrogens (tertiary/aromatic N) is 1. The summed E-state index contributed by atoms with van der Waals surface area (Å²) < 4.78 is 4.54. The highest BCUT2D eigenvalue weighted by molar-refractivity contribution is 5.99. The lowest BCUT2D eigenvalue weighted by atomic mass is 10.1. The van der Waals surface area contributed by atoms with Crippen molar-refractivity contribution in [2.45, 2.75) is 12.5 Å². The number of ether oxygens (including phenoxy) is 1. The van der Waals surface area contributed by atoms with Gasteiger partial charge in [-0.25, -0.2) is 4.79 Å². The Balaban J connectivity index is 2.02. The molecule has 108 valence electrons. The van der Waals surface area contributed by atoms with Crippen molar-refractivity contribution in [1.82, 2.24) is 10.2 Å². The van der Waals surface area contributed by atoms with Gasteiger partial charge in [0.2, 0.25) is 0 Å². The van der Waals surface area contributed by atoms with Crippen LogP contribution < -0.4 is 16.8 Å². The Morgan fingerprint density at radius 2 is 2.15 bits per heavy atom. The second-order valence-electron chi connectivity index (χ2n) is 4.72. The van der Waals surface area contributed by atoms with Gasteiger partial charge in [-0.05, 0) is 24.6 Å². The Kier molecular flexibility index (Phi) is 3.97. The van der Waals surface area contributed by atoms with E-state index in [-0.39, 0.29) is 11.9 Å². The van der Waals surface area contributed by atoms with E-state index < -0.39 is 6.09 Å². The quantitative estimate of drug-likeness (QED) is 0.679. The van der Waals surface area contributed by atoms with Crippen molar-refractivity contribution in [3.63, 3.8) is 0 Å². The van der Waals surface area contributed by atoms with Gasteiger partial charge >= 0.3 is 6.09 Å². The molecular weight excluding hydrogens is 260 g/mol. The van der Waals surface area contributed by atoms with Crippen molar-refractivity contribution < 1.29 is 14.3 Å². The summed E-state index contributed by atoms with van der Waals surface area (Å²) in [5, 5.41) is 2.68. The van der Waals surface area contributed by atoms with Crippen LogP contribution in [0.25, 0.3) is 0 Å². The molecule has 0 aliphatic carbocycles. The molecule has 0 bridgehead atoms. The van der Waals surface area contributed by atoms with Crippen molar-refractivity contribution in [2.24, 2.45) is 0 Å². The van der Waals surface area contributed by atoms with E-state index in [1.165, 1.54) is 7.11 Å². The van der Waals surface area contributed by atoms with Gasteiger partial charge in [-0.1, -0.05) is 0 Å². The van der Waals surface area contributed by atoms with E-state index in [9.17, 15) is 9.59 Å². The normalized spacial score (nSPS) is 17.9. The van der Waals surface area contributed by atoms with E-state index in [1.807, 2.05) is 0 Å². The maximum absolute atomic E-state index is 12.3. The van der Waals surface area contributed by atoms with E-state index >= 15 is 0 Å². The molecule has 7 nitrogen and oxygen atoms in total. The number of carbonyl (C=O) groups excluding carboxylic acids is 2. The van der Waals surface area contributed by atoms with E-state index in [4.69, 9.17) is 11.5 Å². The molecule has 1 aromatic carbocycles. The first kappa shape index (κ1) is 14.0. The molecule has 1 aromatic rings. The van der Waals surface area contributed by atoms with Crippen LogP contribution >= 0.6 is 0 Å². The van der Waals surface area contributed by atoms with Gasteiger partial charge in [0.1, 0.15) is 0 Å². The highest BCUT2D eigenvalue weighted by atomic mass is 16.5. The number of carbonyl (C=O) groups is 2.